The lowest BCUT2D eigenvalue weighted by atomic mass is 9.71. The van der Waals surface area contributed by atoms with Crippen LogP contribution in [-0.4, -0.2) is 45.2 Å². The normalized spacial score (nSPS) is 18.2. The van der Waals surface area contributed by atoms with Gasteiger partial charge in [-0.2, -0.15) is 0 Å². The molecule has 42 heavy (non-hydrogen) atoms. The number of carbonyl (C=O) groups is 2. The minimum Gasteiger partial charge on any atom is -0.504 e. The smallest absolute Gasteiger partial charge is 0.254 e. The summed E-state index contributed by atoms with van der Waals surface area (Å²) in [6, 6.07) is 17.7. The summed E-state index contributed by atoms with van der Waals surface area (Å²) in [7, 11) is 6.21. The Labute approximate surface area is 244 Å². The Kier molecular flexibility index (Phi) is 8.10. The number of carbonyl (C=O) groups excluding carboxylic acids is 2. The van der Waals surface area contributed by atoms with Gasteiger partial charge < -0.3 is 34.7 Å². The molecule has 0 bridgehead atoms. The highest BCUT2D eigenvalue weighted by Crippen LogP contribution is 2.47. The molecule has 3 N–H and O–H groups in total. The first kappa shape index (κ1) is 28.6. The molecule has 2 atom stereocenters. The second kappa shape index (κ2) is 11.9. The van der Waals surface area contributed by atoms with Crippen molar-refractivity contribution in [1.82, 2.24) is 5.32 Å². The number of rotatable bonds is 8. The van der Waals surface area contributed by atoms with Crippen LogP contribution in [0.5, 0.6) is 28.7 Å². The maximum atomic E-state index is 14.0. The number of Topliss-reactive ketones (excluding diaryl/α,β-unsaturated/α-hetero) is 1. The zero-order valence-electron chi connectivity index (χ0n) is 24.2. The first-order valence-electron chi connectivity index (χ1n) is 13.6. The molecule has 0 saturated heterocycles. The predicted molar refractivity (Wildman–Crippen MR) is 158 cm³/mol. The van der Waals surface area contributed by atoms with Gasteiger partial charge >= 0.3 is 0 Å². The summed E-state index contributed by atoms with van der Waals surface area (Å²) in [5.74, 6) is 0.874. The Morgan fingerprint density at radius 3 is 2.14 bits per heavy atom. The van der Waals surface area contributed by atoms with E-state index in [0.29, 0.717) is 57.5 Å². The standard InChI is InChI=1S/C33H34N2O7/c1-18-30(33(38)35-22-8-10-23(39-2)11-9-22)31(20-7-12-27(40-3)25(36)15-20)32-24(34-18)14-21(16-26(32)37)19-6-13-28(41-4)29(17-19)42-5/h6-13,15,17,21,31,34,36H,14,16H2,1-5H3,(H,35,38)/t21-,31-/m1/s1. The van der Waals surface area contributed by atoms with Gasteiger partial charge in [0.2, 0.25) is 0 Å². The fourth-order valence-corrected chi connectivity index (χ4v) is 5.78. The first-order chi connectivity index (χ1) is 20.3. The van der Waals surface area contributed by atoms with Gasteiger partial charge in [0.1, 0.15) is 5.75 Å². The van der Waals surface area contributed by atoms with E-state index in [1.807, 2.05) is 25.1 Å². The fraction of sp³-hybridized carbons (Fsp3) is 0.273. The molecule has 0 saturated carbocycles. The summed E-state index contributed by atoms with van der Waals surface area (Å²) in [4.78, 5) is 27.8. The molecule has 0 unspecified atom stereocenters. The van der Waals surface area contributed by atoms with Gasteiger partial charge in [0.15, 0.2) is 28.8 Å². The first-order valence-corrected chi connectivity index (χ1v) is 13.6. The number of methoxy groups -OCH3 is 4. The number of ether oxygens (including phenoxy) is 4. The lowest BCUT2D eigenvalue weighted by molar-refractivity contribution is -0.116. The highest BCUT2D eigenvalue weighted by Gasteiger charge is 2.41. The second-order valence-corrected chi connectivity index (χ2v) is 10.2. The molecule has 0 fully saturated rings. The number of allylic oxidation sites excluding steroid dienone is 3. The number of phenols is 1. The molecule has 2 aliphatic rings. The number of ketones is 1. The van der Waals surface area contributed by atoms with Crippen LogP contribution in [0.15, 0.2) is 83.2 Å². The van der Waals surface area contributed by atoms with E-state index in [1.165, 1.54) is 7.11 Å². The van der Waals surface area contributed by atoms with Gasteiger partial charge in [0.05, 0.1) is 28.4 Å². The lowest BCUT2D eigenvalue weighted by Gasteiger charge is -2.37. The number of nitrogens with one attached hydrogen (secondary N) is 2. The van der Waals surface area contributed by atoms with E-state index in [1.54, 1.807) is 63.8 Å². The predicted octanol–water partition coefficient (Wildman–Crippen LogP) is 5.43. The number of hydrogen-bond donors (Lipinski definition) is 3. The number of hydrogen-bond acceptors (Lipinski definition) is 8. The van der Waals surface area contributed by atoms with Crippen LogP contribution in [0, 0.1) is 0 Å². The largest absolute Gasteiger partial charge is 0.504 e. The Hall–Kier alpha value is -4.92. The van der Waals surface area contributed by atoms with Gasteiger partial charge in [-0.1, -0.05) is 12.1 Å². The molecule has 3 aromatic rings. The summed E-state index contributed by atoms with van der Waals surface area (Å²) in [5.41, 5.74) is 4.44. The minimum atomic E-state index is -0.699. The lowest BCUT2D eigenvalue weighted by Crippen LogP contribution is -2.37. The molecule has 1 amide bonds. The van der Waals surface area contributed by atoms with Crippen molar-refractivity contribution in [3.63, 3.8) is 0 Å². The average Bonchev–Trinajstić information content (AvgIpc) is 3.00. The van der Waals surface area contributed by atoms with E-state index < -0.39 is 5.92 Å². The van der Waals surface area contributed by atoms with E-state index in [-0.39, 0.29) is 29.8 Å². The molecule has 9 nitrogen and oxygen atoms in total. The van der Waals surface area contributed by atoms with Crippen LogP contribution in [0.25, 0.3) is 0 Å². The molecule has 0 aromatic heterocycles. The van der Waals surface area contributed by atoms with E-state index in [2.05, 4.69) is 10.6 Å². The second-order valence-electron chi connectivity index (χ2n) is 10.2. The average molecular weight is 571 g/mol. The number of amides is 1. The summed E-state index contributed by atoms with van der Waals surface area (Å²) in [5, 5.41) is 17.0. The van der Waals surface area contributed by atoms with Gasteiger partial charge in [-0.15, -0.1) is 0 Å². The monoisotopic (exact) mass is 570 g/mol. The highest BCUT2D eigenvalue weighted by molar-refractivity contribution is 6.10. The fourth-order valence-electron chi connectivity index (χ4n) is 5.78. The van der Waals surface area contributed by atoms with Crippen molar-refractivity contribution in [2.75, 3.05) is 33.8 Å². The van der Waals surface area contributed by atoms with Crippen LogP contribution in [0.4, 0.5) is 5.69 Å². The van der Waals surface area contributed by atoms with Crippen molar-refractivity contribution < 1.29 is 33.6 Å². The molecule has 1 aliphatic carbocycles. The van der Waals surface area contributed by atoms with Crippen LogP contribution in [0.1, 0.15) is 42.7 Å². The van der Waals surface area contributed by atoms with Crippen molar-refractivity contribution in [3.8, 4) is 28.7 Å². The van der Waals surface area contributed by atoms with E-state index >= 15 is 0 Å². The molecule has 1 heterocycles. The van der Waals surface area contributed by atoms with Crippen LogP contribution in [0.2, 0.25) is 0 Å². The van der Waals surface area contributed by atoms with Crippen molar-refractivity contribution in [1.29, 1.82) is 0 Å². The number of aromatic hydroxyl groups is 1. The van der Waals surface area contributed by atoms with E-state index in [4.69, 9.17) is 18.9 Å². The van der Waals surface area contributed by atoms with Gasteiger partial charge in [0, 0.05) is 40.6 Å². The van der Waals surface area contributed by atoms with Crippen molar-refractivity contribution in [2.24, 2.45) is 0 Å². The molecule has 5 rings (SSSR count). The van der Waals surface area contributed by atoms with Crippen molar-refractivity contribution in [2.45, 2.75) is 31.6 Å². The quantitative estimate of drug-likeness (QED) is 0.329. The van der Waals surface area contributed by atoms with Crippen molar-refractivity contribution >= 4 is 17.4 Å². The topological polar surface area (TPSA) is 115 Å². The van der Waals surface area contributed by atoms with Gasteiger partial charge in [-0.05, 0) is 78.9 Å². The third-order valence-corrected chi connectivity index (χ3v) is 7.84. The summed E-state index contributed by atoms with van der Waals surface area (Å²) < 4.78 is 21.3. The van der Waals surface area contributed by atoms with Gasteiger partial charge in [-0.3, -0.25) is 9.59 Å². The van der Waals surface area contributed by atoms with Crippen LogP contribution >= 0.6 is 0 Å². The maximum absolute atomic E-state index is 14.0. The summed E-state index contributed by atoms with van der Waals surface area (Å²) in [6.07, 6.45) is 0.807. The maximum Gasteiger partial charge on any atom is 0.254 e. The Morgan fingerprint density at radius 1 is 0.833 bits per heavy atom. The Balaban J connectivity index is 1.55. The molecular weight excluding hydrogens is 536 g/mol. The zero-order valence-corrected chi connectivity index (χ0v) is 24.2. The highest BCUT2D eigenvalue weighted by atomic mass is 16.5. The molecule has 0 radical (unpaired) electrons. The molecular formula is C33H34N2O7. The molecule has 0 spiro atoms. The third kappa shape index (κ3) is 5.37. The molecule has 9 heteroatoms. The Bertz CT molecular complexity index is 1590. The van der Waals surface area contributed by atoms with Crippen LogP contribution < -0.4 is 29.6 Å². The van der Waals surface area contributed by atoms with E-state index in [9.17, 15) is 14.7 Å². The van der Waals surface area contributed by atoms with E-state index in [0.717, 1.165) is 11.3 Å². The van der Waals surface area contributed by atoms with Gasteiger partial charge in [0.25, 0.3) is 5.91 Å². The number of dihydropyridines is 1. The summed E-state index contributed by atoms with van der Waals surface area (Å²) >= 11 is 0. The number of anilines is 1. The SMILES string of the molecule is COc1ccc(NC(=O)C2=C(C)NC3=C(C(=O)C[C@H](c4ccc(OC)c(OC)c4)C3)[C@@H]2c2ccc(OC)c(O)c2)cc1. The minimum absolute atomic E-state index is 0.0743. The molecule has 1 aliphatic heterocycles. The number of phenolic OH excluding ortho intramolecular Hbond substituents is 1. The van der Waals surface area contributed by atoms with Gasteiger partial charge in [-0.25, -0.2) is 0 Å². The van der Waals surface area contributed by atoms with Crippen LogP contribution in [-0.2, 0) is 9.59 Å². The number of benzene rings is 3. The summed E-state index contributed by atoms with van der Waals surface area (Å²) in [6.45, 7) is 1.83. The Morgan fingerprint density at radius 2 is 1.50 bits per heavy atom. The third-order valence-electron chi connectivity index (χ3n) is 7.84. The molecule has 3 aromatic carbocycles. The zero-order chi connectivity index (χ0) is 30.0. The molecule has 218 valence electrons. The van der Waals surface area contributed by atoms with Crippen LogP contribution in [0.3, 0.4) is 0 Å². The van der Waals surface area contributed by atoms with Crippen molar-refractivity contribution in [3.05, 3.63) is 94.3 Å².